The summed E-state index contributed by atoms with van der Waals surface area (Å²) < 4.78 is 27.2. The number of carbonyl (C=O) groups excluding carboxylic acids is 1. The van der Waals surface area contributed by atoms with E-state index < -0.39 is 16.1 Å². The quantitative estimate of drug-likeness (QED) is 0.682. The van der Waals surface area contributed by atoms with Gasteiger partial charge in [-0.15, -0.1) is 0 Å². The molecule has 1 rings (SSSR count). The predicted octanol–water partition coefficient (Wildman–Crippen LogP) is -0.500. The van der Waals surface area contributed by atoms with Gasteiger partial charge in [0, 0.05) is 5.38 Å². The zero-order chi connectivity index (χ0) is 9.19. The van der Waals surface area contributed by atoms with E-state index in [1.807, 2.05) is 0 Å². The van der Waals surface area contributed by atoms with Crippen LogP contribution in [0.4, 0.5) is 4.79 Å². The second kappa shape index (κ2) is 3.07. The molecule has 1 heterocycles. The molecule has 1 aromatic heterocycles. The zero-order valence-corrected chi connectivity index (χ0v) is 7.35. The predicted molar refractivity (Wildman–Crippen MR) is 42.0 cm³/mol. The minimum Gasteiger partial charge on any atom is -0.351 e. The first-order valence-corrected chi connectivity index (χ1v) is 5.07. The fourth-order valence-corrected chi connectivity index (χ4v) is 2.16. The van der Waals surface area contributed by atoms with Gasteiger partial charge in [0.1, 0.15) is 0 Å². The van der Waals surface area contributed by atoms with Crippen molar-refractivity contribution < 1.29 is 13.2 Å². The van der Waals surface area contributed by atoms with E-state index in [0.29, 0.717) is 0 Å². The topological polar surface area (TPSA) is 102 Å². The first-order chi connectivity index (χ1) is 5.52. The summed E-state index contributed by atoms with van der Waals surface area (Å²) in [5, 5.41) is 1.28. The molecule has 0 spiro atoms. The Kier molecular flexibility index (Phi) is 2.29. The third-order valence-corrected chi connectivity index (χ3v) is 2.85. The van der Waals surface area contributed by atoms with Crippen molar-refractivity contribution in [2.75, 3.05) is 0 Å². The van der Waals surface area contributed by atoms with Gasteiger partial charge in [0.05, 0.1) is 0 Å². The lowest BCUT2D eigenvalue weighted by atomic mass is 10.8. The van der Waals surface area contributed by atoms with Gasteiger partial charge >= 0.3 is 6.03 Å². The molecule has 8 heteroatoms. The number of carbonyl (C=O) groups is 1. The Morgan fingerprint density at radius 3 is 2.75 bits per heavy atom. The third kappa shape index (κ3) is 1.92. The molecule has 12 heavy (non-hydrogen) atoms. The first kappa shape index (κ1) is 8.94. The highest BCUT2D eigenvalue weighted by Crippen LogP contribution is 2.06. The van der Waals surface area contributed by atoms with Crippen LogP contribution in [0.2, 0.25) is 0 Å². The van der Waals surface area contributed by atoms with Crippen molar-refractivity contribution in [1.82, 2.24) is 9.10 Å². The van der Waals surface area contributed by atoms with Crippen LogP contribution in [0.25, 0.3) is 0 Å². The summed E-state index contributed by atoms with van der Waals surface area (Å²) in [6, 6.07) is 0.152. The lowest BCUT2D eigenvalue weighted by molar-refractivity contribution is 0.253. The molecule has 0 aliphatic carbocycles. The second-order valence-electron chi connectivity index (χ2n) is 1.81. The fraction of sp³-hybridized carbons (Fsp3) is 0. The highest BCUT2D eigenvalue weighted by atomic mass is 32.2. The van der Waals surface area contributed by atoms with Crippen LogP contribution in [-0.2, 0) is 10.0 Å². The van der Waals surface area contributed by atoms with Gasteiger partial charge in [-0.25, -0.2) is 9.52 Å². The SMILES string of the molecule is NC(=O)NS(=O)(=O)c1ccsn1. The lowest BCUT2D eigenvalue weighted by Crippen LogP contribution is -2.35. The molecule has 0 unspecified atom stereocenters. The number of nitrogens with two attached hydrogens (primary N) is 1. The number of urea groups is 1. The standard InChI is InChI=1S/C4H5N3O3S2/c5-4(8)7-12(9,10)3-1-2-11-6-3/h1-2H,(H3,5,7,8). The van der Waals surface area contributed by atoms with Crippen LogP contribution in [0, 0.1) is 0 Å². The number of aromatic nitrogens is 1. The van der Waals surface area contributed by atoms with Gasteiger partial charge < -0.3 is 5.73 Å². The summed E-state index contributed by atoms with van der Waals surface area (Å²) in [4.78, 5) is 10.2. The van der Waals surface area contributed by atoms with Crippen LogP contribution < -0.4 is 10.5 Å². The Hall–Kier alpha value is -1.15. The van der Waals surface area contributed by atoms with E-state index >= 15 is 0 Å². The Morgan fingerprint density at radius 1 is 1.67 bits per heavy atom. The molecule has 0 atom stereocenters. The Bertz CT molecular complexity index is 368. The minimum absolute atomic E-state index is 0.202. The number of sulfonamides is 1. The number of rotatable bonds is 2. The molecule has 0 aromatic carbocycles. The average Bonchev–Trinajstić information content (AvgIpc) is 2.32. The van der Waals surface area contributed by atoms with Crippen molar-refractivity contribution in [3.8, 4) is 0 Å². The van der Waals surface area contributed by atoms with E-state index in [2.05, 4.69) is 10.1 Å². The van der Waals surface area contributed by atoms with E-state index in [1.54, 1.807) is 4.72 Å². The van der Waals surface area contributed by atoms with Crippen LogP contribution in [-0.4, -0.2) is 18.8 Å². The van der Waals surface area contributed by atoms with Crippen molar-refractivity contribution >= 4 is 27.6 Å². The molecule has 0 saturated heterocycles. The van der Waals surface area contributed by atoms with E-state index in [4.69, 9.17) is 0 Å². The normalized spacial score (nSPS) is 11.0. The molecule has 0 saturated carbocycles. The molecule has 2 amide bonds. The monoisotopic (exact) mass is 207 g/mol. The summed E-state index contributed by atoms with van der Waals surface area (Å²) >= 11 is 0.972. The average molecular weight is 207 g/mol. The Labute approximate surface area is 72.6 Å². The summed E-state index contributed by atoms with van der Waals surface area (Å²) in [7, 11) is -3.84. The Balaban J connectivity index is 2.96. The van der Waals surface area contributed by atoms with Crippen molar-refractivity contribution in [3.63, 3.8) is 0 Å². The fourth-order valence-electron chi connectivity index (χ4n) is 0.525. The third-order valence-electron chi connectivity index (χ3n) is 0.924. The maximum absolute atomic E-state index is 11.0. The number of hydrogen-bond donors (Lipinski definition) is 2. The van der Waals surface area contributed by atoms with E-state index in [-0.39, 0.29) is 5.03 Å². The van der Waals surface area contributed by atoms with E-state index in [0.717, 1.165) is 11.5 Å². The number of nitrogens with zero attached hydrogens (tertiary/aromatic N) is 1. The van der Waals surface area contributed by atoms with Crippen molar-refractivity contribution in [2.24, 2.45) is 5.73 Å². The van der Waals surface area contributed by atoms with Gasteiger partial charge in [-0.3, -0.25) is 0 Å². The largest absolute Gasteiger partial charge is 0.351 e. The van der Waals surface area contributed by atoms with Gasteiger partial charge in [-0.1, -0.05) is 0 Å². The minimum atomic E-state index is -3.84. The second-order valence-corrected chi connectivity index (χ2v) is 4.10. The molecule has 6 nitrogen and oxygen atoms in total. The number of amides is 2. The first-order valence-electron chi connectivity index (χ1n) is 2.75. The summed E-state index contributed by atoms with van der Waals surface area (Å²) in [6.07, 6.45) is 0. The summed E-state index contributed by atoms with van der Waals surface area (Å²) in [6.45, 7) is 0. The lowest BCUT2D eigenvalue weighted by Gasteiger charge is -1.98. The molecular weight excluding hydrogens is 202 g/mol. The van der Waals surface area contributed by atoms with Crippen LogP contribution in [0.15, 0.2) is 16.5 Å². The van der Waals surface area contributed by atoms with Gasteiger partial charge in [0.25, 0.3) is 10.0 Å². The smallest absolute Gasteiger partial charge is 0.326 e. The van der Waals surface area contributed by atoms with E-state index in [1.165, 1.54) is 11.4 Å². The van der Waals surface area contributed by atoms with Crippen molar-refractivity contribution in [3.05, 3.63) is 11.4 Å². The number of primary amides is 1. The number of nitrogens with one attached hydrogen (secondary N) is 1. The molecule has 0 aliphatic heterocycles. The van der Waals surface area contributed by atoms with Crippen LogP contribution in [0.3, 0.4) is 0 Å². The summed E-state index contributed by atoms with van der Waals surface area (Å²) in [5.41, 5.74) is 4.63. The molecule has 0 aliphatic rings. The van der Waals surface area contributed by atoms with Gasteiger partial charge in [0.15, 0.2) is 5.03 Å². The molecule has 3 N–H and O–H groups in total. The molecule has 1 aromatic rings. The highest BCUT2D eigenvalue weighted by molar-refractivity contribution is 7.90. The molecule has 66 valence electrons. The van der Waals surface area contributed by atoms with Crippen LogP contribution >= 0.6 is 11.5 Å². The number of hydrogen-bond acceptors (Lipinski definition) is 5. The Morgan fingerprint density at radius 2 is 2.33 bits per heavy atom. The molecular formula is C4H5N3O3S2. The van der Waals surface area contributed by atoms with Gasteiger partial charge in [-0.05, 0) is 17.6 Å². The van der Waals surface area contributed by atoms with Gasteiger partial charge in [-0.2, -0.15) is 12.8 Å². The molecule has 0 fully saturated rings. The molecule has 0 radical (unpaired) electrons. The summed E-state index contributed by atoms with van der Waals surface area (Å²) in [5.74, 6) is 0. The maximum atomic E-state index is 11.0. The van der Waals surface area contributed by atoms with Crippen LogP contribution in [0.1, 0.15) is 0 Å². The maximum Gasteiger partial charge on any atom is 0.326 e. The van der Waals surface area contributed by atoms with E-state index in [9.17, 15) is 13.2 Å². The molecule has 0 bridgehead atoms. The van der Waals surface area contributed by atoms with Crippen molar-refractivity contribution in [1.29, 1.82) is 0 Å². The zero-order valence-electron chi connectivity index (χ0n) is 5.72. The van der Waals surface area contributed by atoms with Gasteiger partial charge in [0.2, 0.25) is 0 Å². The van der Waals surface area contributed by atoms with Crippen molar-refractivity contribution in [2.45, 2.75) is 5.03 Å². The highest BCUT2D eigenvalue weighted by Gasteiger charge is 2.17. The van der Waals surface area contributed by atoms with Crippen LogP contribution in [0.5, 0.6) is 0 Å².